The Hall–Kier alpha value is -1.58. The molecule has 0 aromatic heterocycles. The van der Waals surface area contributed by atoms with E-state index in [-0.39, 0.29) is 13.0 Å². The van der Waals surface area contributed by atoms with Crippen LogP contribution in [0.2, 0.25) is 0 Å². The predicted octanol–water partition coefficient (Wildman–Crippen LogP) is 9.57. The highest BCUT2D eigenvalue weighted by Gasteiger charge is 2.22. The number of rotatable bonds is 27. The molecule has 1 unspecified atom stereocenters. The number of allylic oxidation sites excluding steroid dienone is 2. The second-order valence-electron chi connectivity index (χ2n) is 10.1. The van der Waals surface area contributed by atoms with E-state index in [0.717, 1.165) is 19.3 Å². The quantitative estimate of drug-likeness (QED) is 0.0704. The normalized spacial score (nSPS) is 12.1. The minimum Gasteiger partial charge on any atom is -0.481 e. The summed E-state index contributed by atoms with van der Waals surface area (Å²) in [6.07, 6.45) is 32.7. The van der Waals surface area contributed by atoms with E-state index < -0.39 is 17.9 Å². The Balaban J connectivity index is 3.41. The van der Waals surface area contributed by atoms with Gasteiger partial charge in [0.25, 0.3) is 0 Å². The van der Waals surface area contributed by atoms with E-state index in [1.165, 1.54) is 115 Å². The van der Waals surface area contributed by atoms with Gasteiger partial charge < -0.3 is 9.84 Å². The molecule has 0 amide bonds. The Bertz CT molecular complexity index is 526. The lowest BCUT2D eigenvalue weighted by Gasteiger charge is -2.13. The molecule has 1 atom stereocenters. The van der Waals surface area contributed by atoms with E-state index in [9.17, 15) is 9.59 Å². The smallest absolute Gasteiger partial charge is 0.309 e. The molecule has 0 saturated heterocycles. The summed E-state index contributed by atoms with van der Waals surface area (Å²) in [7, 11) is 0. The van der Waals surface area contributed by atoms with Crippen LogP contribution in [0.25, 0.3) is 0 Å². The van der Waals surface area contributed by atoms with Crippen molar-refractivity contribution in [3.8, 4) is 0 Å². The number of esters is 1. The topological polar surface area (TPSA) is 63.6 Å². The zero-order chi connectivity index (χ0) is 25.8. The Kier molecular flexibility index (Phi) is 25.8. The molecular formula is C31H56O4. The van der Waals surface area contributed by atoms with Crippen molar-refractivity contribution in [2.24, 2.45) is 5.92 Å². The van der Waals surface area contributed by atoms with Crippen LogP contribution in [0.15, 0.2) is 24.8 Å². The first-order chi connectivity index (χ1) is 17.1. The number of carbonyl (C=O) groups is 2. The summed E-state index contributed by atoms with van der Waals surface area (Å²) in [4.78, 5) is 22.9. The summed E-state index contributed by atoms with van der Waals surface area (Å²) in [6.45, 7) is 5.93. The van der Waals surface area contributed by atoms with Crippen molar-refractivity contribution in [3.63, 3.8) is 0 Å². The van der Waals surface area contributed by atoms with Crippen molar-refractivity contribution < 1.29 is 19.4 Å². The van der Waals surface area contributed by atoms with Gasteiger partial charge in [0, 0.05) is 0 Å². The molecule has 0 heterocycles. The molecule has 0 bridgehead atoms. The van der Waals surface area contributed by atoms with E-state index in [4.69, 9.17) is 9.84 Å². The average Bonchev–Trinajstić information content (AvgIpc) is 2.84. The van der Waals surface area contributed by atoms with Crippen molar-refractivity contribution in [2.75, 3.05) is 6.61 Å². The third-order valence-electron chi connectivity index (χ3n) is 6.66. The highest BCUT2D eigenvalue weighted by molar-refractivity contribution is 5.79. The first-order valence-electron chi connectivity index (χ1n) is 14.8. The molecule has 0 aromatic carbocycles. The number of hydrogen-bond acceptors (Lipinski definition) is 3. The molecule has 0 radical (unpaired) electrons. The Morgan fingerprint density at radius 3 is 1.57 bits per heavy atom. The van der Waals surface area contributed by atoms with Crippen LogP contribution in [0.1, 0.15) is 148 Å². The van der Waals surface area contributed by atoms with Gasteiger partial charge in [-0.1, -0.05) is 134 Å². The minimum atomic E-state index is -0.943. The maximum Gasteiger partial charge on any atom is 0.309 e. The van der Waals surface area contributed by atoms with Gasteiger partial charge in [0.15, 0.2) is 0 Å². The van der Waals surface area contributed by atoms with Crippen molar-refractivity contribution in [3.05, 3.63) is 24.8 Å². The molecule has 35 heavy (non-hydrogen) atoms. The largest absolute Gasteiger partial charge is 0.481 e. The van der Waals surface area contributed by atoms with Crippen LogP contribution in [0.4, 0.5) is 0 Å². The summed E-state index contributed by atoms with van der Waals surface area (Å²) in [5.41, 5.74) is 0. The van der Waals surface area contributed by atoms with E-state index in [1.54, 1.807) is 0 Å². The fourth-order valence-corrected chi connectivity index (χ4v) is 4.47. The fourth-order valence-electron chi connectivity index (χ4n) is 4.47. The number of hydrogen-bond donors (Lipinski definition) is 1. The van der Waals surface area contributed by atoms with Gasteiger partial charge in [-0.2, -0.15) is 0 Å². The zero-order valence-electron chi connectivity index (χ0n) is 23.0. The van der Waals surface area contributed by atoms with Crippen LogP contribution in [-0.2, 0) is 14.3 Å². The van der Waals surface area contributed by atoms with Crippen molar-refractivity contribution in [1.82, 2.24) is 0 Å². The molecule has 0 rings (SSSR count). The second kappa shape index (κ2) is 27.0. The maximum atomic E-state index is 11.9. The number of carboxylic acids is 1. The summed E-state index contributed by atoms with van der Waals surface area (Å²) < 4.78 is 5.03. The predicted molar refractivity (Wildman–Crippen MR) is 149 cm³/mol. The maximum absolute atomic E-state index is 11.9. The highest BCUT2D eigenvalue weighted by Crippen LogP contribution is 2.18. The molecule has 0 fully saturated rings. The summed E-state index contributed by atoms with van der Waals surface area (Å²) in [6, 6.07) is 0. The summed E-state index contributed by atoms with van der Waals surface area (Å²) >= 11 is 0. The summed E-state index contributed by atoms with van der Waals surface area (Å²) in [5, 5.41) is 9.01. The van der Waals surface area contributed by atoms with Gasteiger partial charge in [-0.15, -0.1) is 0 Å². The van der Waals surface area contributed by atoms with Gasteiger partial charge in [0.1, 0.15) is 6.61 Å². The number of carboxylic acid groups (broad SMARTS) is 1. The van der Waals surface area contributed by atoms with Crippen LogP contribution in [-0.4, -0.2) is 23.7 Å². The molecule has 1 N–H and O–H groups in total. The molecule has 0 aliphatic carbocycles. The van der Waals surface area contributed by atoms with E-state index in [0.29, 0.717) is 6.42 Å². The molecular weight excluding hydrogens is 436 g/mol. The molecule has 0 saturated carbocycles. The number of aliphatic carboxylic acids is 1. The summed E-state index contributed by atoms with van der Waals surface area (Å²) in [5.74, 6) is -1.89. The van der Waals surface area contributed by atoms with Crippen molar-refractivity contribution in [1.29, 1.82) is 0 Å². The Morgan fingerprint density at radius 2 is 1.14 bits per heavy atom. The lowest BCUT2D eigenvalue weighted by atomic mass is 9.97. The highest BCUT2D eigenvalue weighted by atomic mass is 16.5. The van der Waals surface area contributed by atoms with E-state index in [2.05, 4.69) is 25.7 Å². The third kappa shape index (κ3) is 25.3. The van der Waals surface area contributed by atoms with Crippen LogP contribution in [0.5, 0.6) is 0 Å². The number of ether oxygens (including phenoxy) is 1. The van der Waals surface area contributed by atoms with E-state index >= 15 is 0 Å². The molecule has 0 aromatic rings. The first kappa shape index (κ1) is 33.4. The van der Waals surface area contributed by atoms with Crippen molar-refractivity contribution >= 4 is 11.9 Å². The molecule has 0 aliphatic heterocycles. The number of unbranched alkanes of at least 4 members (excludes halogenated alkanes) is 18. The second-order valence-corrected chi connectivity index (χ2v) is 10.1. The molecule has 0 spiro atoms. The molecule has 4 nitrogen and oxygen atoms in total. The average molecular weight is 493 g/mol. The lowest BCUT2D eigenvalue weighted by Crippen LogP contribution is -2.21. The van der Waals surface area contributed by atoms with Crippen LogP contribution < -0.4 is 0 Å². The van der Waals surface area contributed by atoms with Crippen molar-refractivity contribution in [2.45, 2.75) is 148 Å². The molecule has 0 aliphatic rings. The van der Waals surface area contributed by atoms with E-state index in [1.807, 2.05) is 0 Å². The Morgan fingerprint density at radius 1 is 0.714 bits per heavy atom. The lowest BCUT2D eigenvalue weighted by molar-refractivity contribution is -0.152. The zero-order valence-corrected chi connectivity index (χ0v) is 23.0. The monoisotopic (exact) mass is 492 g/mol. The van der Waals surface area contributed by atoms with Gasteiger partial charge in [-0.25, -0.2) is 0 Å². The van der Waals surface area contributed by atoms with Gasteiger partial charge >= 0.3 is 11.9 Å². The Labute approximate surface area is 217 Å². The van der Waals surface area contributed by atoms with Crippen LogP contribution in [0, 0.1) is 5.92 Å². The fraction of sp³-hybridized carbons (Fsp3) is 0.806. The van der Waals surface area contributed by atoms with Crippen LogP contribution >= 0.6 is 0 Å². The first-order valence-corrected chi connectivity index (χ1v) is 14.8. The molecule has 204 valence electrons. The van der Waals surface area contributed by atoms with Gasteiger partial charge in [0.2, 0.25) is 0 Å². The van der Waals surface area contributed by atoms with Gasteiger partial charge in [-0.05, 0) is 32.1 Å². The molecule has 4 heteroatoms. The number of carbonyl (C=O) groups excluding carboxylic acids is 1. The minimum absolute atomic E-state index is 0.145. The van der Waals surface area contributed by atoms with Crippen LogP contribution in [0.3, 0.4) is 0 Å². The SMILES string of the molecule is C=CCOC(=O)C(CCCCCCCCCCCCCCC/C=C/CCCCCCC)CC(=O)O. The van der Waals surface area contributed by atoms with Gasteiger partial charge in [0.05, 0.1) is 12.3 Å². The third-order valence-corrected chi connectivity index (χ3v) is 6.66. The van der Waals surface area contributed by atoms with Gasteiger partial charge in [-0.3, -0.25) is 9.59 Å². The standard InChI is InChI=1S/C31H56O4/c1-3-5-6-7-8-9-10-11-12-13-14-15-16-17-18-19-20-21-22-23-24-25-26-29(28-30(32)33)31(34)35-27-4-2/h4,10-11,29H,2-3,5-9,12-28H2,1H3,(H,32,33)/b11-10+.